The Labute approximate surface area is 247 Å². The van der Waals surface area contributed by atoms with Gasteiger partial charge in [0.25, 0.3) is 5.91 Å². The molecule has 1 aromatic carbocycles. The number of carbonyl (C=O) groups excluding carboxylic acids is 2. The summed E-state index contributed by atoms with van der Waals surface area (Å²) in [5.74, 6) is -2.86. The van der Waals surface area contributed by atoms with Crippen LogP contribution in [0.2, 0.25) is 5.02 Å². The number of piperidine rings is 1. The number of cyclic esters (lactones) is 1. The standard InChI is InChI=1S/C25H33ClN2O12P2/c1-17-10-6-3-2-4-7-11-18(27-37-16-22(29)28-12-8-5-9-13-28)14-19-23(25(30)38-17)20(39-41(31,32)33)15-21(24(19)26)40-42(34,35)36/h3,6-7,11,15,17H,2,4-5,8-10,12-14,16H2,1H3,(H2,31,32,33)(H2,34,35,36)/t17-/m1/s1. The summed E-state index contributed by atoms with van der Waals surface area (Å²) in [6.45, 7) is 2.46. The molecule has 1 amide bonds. The number of fused-ring (bicyclic) bond motifs is 1. The highest BCUT2D eigenvalue weighted by Gasteiger charge is 2.32. The van der Waals surface area contributed by atoms with Gasteiger partial charge < -0.3 is 23.5 Å². The zero-order chi connectivity index (χ0) is 30.9. The number of halogens is 1. The average molecular weight is 651 g/mol. The maximum absolute atomic E-state index is 13.4. The number of oxime groups is 1. The van der Waals surface area contributed by atoms with Crippen molar-refractivity contribution >= 4 is 44.8 Å². The van der Waals surface area contributed by atoms with E-state index in [1.165, 1.54) is 0 Å². The highest BCUT2D eigenvalue weighted by atomic mass is 35.5. The quantitative estimate of drug-likeness (QED) is 0.143. The number of nitrogens with zero attached hydrogens (tertiary/aromatic N) is 2. The minimum atomic E-state index is -5.31. The second kappa shape index (κ2) is 15.2. The van der Waals surface area contributed by atoms with Gasteiger partial charge in [0.05, 0.1) is 10.7 Å². The van der Waals surface area contributed by atoms with Gasteiger partial charge in [0.1, 0.15) is 17.4 Å². The van der Waals surface area contributed by atoms with Gasteiger partial charge in [0.15, 0.2) is 12.4 Å². The van der Waals surface area contributed by atoms with E-state index in [1.54, 1.807) is 30.1 Å². The van der Waals surface area contributed by atoms with Crippen LogP contribution in [0.5, 0.6) is 11.5 Å². The van der Waals surface area contributed by atoms with Crippen molar-refractivity contribution in [1.29, 1.82) is 0 Å². The number of hydrogen-bond donors (Lipinski definition) is 4. The fourth-order valence-electron chi connectivity index (χ4n) is 4.26. The molecule has 2 aliphatic rings. The first-order chi connectivity index (χ1) is 19.7. The number of benzene rings is 1. The van der Waals surface area contributed by atoms with Crippen LogP contribution in [-0.4, -0.2) is 67.9 Å². The van der Waals surface area contributed by atoms with Crippen LogP contribution < -0.4 is 9.05 Å². The minimum absolute atomic E-state index is 0.113. The van der Waals surface area contributed by atoms with Crippen molar-refractivity contribution in [2.75, 3.05) is 19.7 Å². The summed E-state index contributed by atoms with van der Waals surface area (Å²) >= 11 is 6.46. The van der Waals surface area contributed by atoms with Crippen LogP contribution in [0.1, 0.15) is 61.4 Å². The second-order valence-corrected chi connectivity index (χ2v) is 12.3. The summed E-state index contributed by atoms with van der Waals surface area (Å²) in [4.78, 5) is 70.7. The highest BCUT2D eigenvalue weighted by molar-refractivity contribution is 7.47. The number of amides is 1. The molecule has 4 N–H and O–H groups in total. The Morgan fingerprint density at radius 1 is 1.05 bits per heavy atom. The second-order valence-electron chi connectivity index (χ2n) is 9.58. The summed E-state index contributed by atoms with van der Waals surface area (Å²) in [6.07, 6.45) is 10.3. The lowest BCUT2D eigenvalue weighted by Crippen LogP contribution is -2.37. The molecule has 3 rings (SSSR count). The molecule has 1 fully saturated rings. The molecule has 232 valence electrons. The van der Waals surface area contributed by atoms with Gasteiger partial charge in [0, 0.05) is 32.0 Å². The topological polar surface area (TPSA) is 202 Å². The van der Waals surface area contributed by atoms with Crippen molar-refractivity contribution in [3.63, 3.8) is 0 Å². The third kappa shape index (κ3) is 10.9. The van der Waals surface area contributed by atoms with Crippen LogP contribution in [0.4, 0.5) is 0 Å². The van der Waals surface area contributed by atoms with Crippen molar-refractivity contribution in [1.82, 2.24) is 4.90 Å². The molecule has 1 atom stereocenters. The molecule has 1 saturated heterocycles. The van der Waals surface area contributed by atoms with E-state index in [1.807, 2.05) is 6.08 Å². The van der Waals surface area contributed by atoms with Gasteiger partial charge in [-0.05, 0) is 50.7 Å². The minimum Gasteiger partial charge on any atom is -0.459 e. The number of likely N-dealkylation sites (tertiary alicyclic amines) is 1. The Morgan fingerprint density at radius 3 is 2.36 bits per heavy atom. The van der Waals surface area contributed by atoms with Crippen molar-refractivity contribution in [3.05, 3.63) is 46.5 Å². The zero-order valence-electron chi connectivity index (χ0n) is 22.8. The molecule has 0 saturated carbocycles. The van der Waals surface area contributed by atoms with Gasteiger partial charge in [0.2, 0.25) is 0 Å². The number of rotatable bonds is 7. The molecule has 14 nitrogen and oxygen atoms in total. The van der Waals surface area contributed by atoms with E-state index < -0.39 is 49.8 Å². The third-order valence-electron chi connectivity index (χ3n) is 6.12. The smallest absolute Gasteiger partial charge is 0.459 e. The van der Waals surface area contributed by atoms with E-state index in [-0.39, 0.29) is 30.2 Å². The highest BCUT2D eigenvalue weighted by Crippen LogP contribution is 2.49. The number of allylic oxidation sites excluding steroid dienone is 3. The molecule has 0 bridgehead atoms. The van der Waals surface area contributed by atoms with Crippen molar-refractivity contribution < 1.29 is 56.9 Å². The molecule has 2 aliphatic heterocycles. The molecule has 0 radical (unpaired) electrons. The van der Waals surface area contributed by atoms with Gasteiger partial charge in [-0.3, -0.25) is 24.4 Å². The molecule has 1 aromatic rings. The van der Waals surface area contributed by atoms with Gasteiger partial charge >= 0.3 is 21.6 Å². The van der Waals surface area contributed by atoms with E-state index in [2.05, 4.69) is 9.68 Å². The van der Waals surface area contributed by atoms with Crippen molar-refractivity contribution in [2.45, 2.75) is 58.0 Å². The van der Waals surface area contributed by atoms with Gasteiger partial charge in [-0.15, -0.1) is 0 Å². The first kappa shape index (κ1) is 33.8. The first-order valence-electron chi connectivity index (χ1n) is 13.1. The number of hydrogen-bond acceptors (Lipinski definition) is 9. The predicted octanol–water partition coefficient (Wildman–Crippen LogP) is 4.05. The predicted molar refractivity (Wildman–Crippen MR) is 151 cm³/mol. The van der Waals surface area contributed by atoms with Gasteiger partial charge in [-0.2, -0.15) is 0 Å². The van der Waals surface area contributed by atoms with Crippen LogP contribution in [0.15, 0.2) is 35.5 Å². The summed E-state index contributed by atoms with van der Waals surface area (Å²) in [7, 11) is -10.5. The number of esters is 1. The Morgan fingerprint density at radius 2 is 1.69 bits per heavy atom. The molecule has 17 heteroatoms. The van der Waals surface area contributed by atoms with E-state index in [9.17, 15) is 38.3 Å². The SMILES string of the molecule is C[C@@H]1CC=CCCC=CC(=NOCC(=O)N2CCCCC2)Cc2c(Cl)c(OP(=O)(O)O)cc(OP(=O)(O)O)c2C(=O)O1. The Bertz CT molecular complexity index is 1330. The molecule has 0 spiro atoms. The first-order valence-corrected chi connectivity index (χ1v) is 16.5. The zero-order valence-corrected chi connectivity index (χ0v) is 25.3. The lowest BCUT2D eigenvalue weighted by molar-refractivity contribution is -0.137. The number of phosphoric ester groups is 2. The normalized spacial score (nSPS) is 20.0. The van der Waals surface area contributed by atoms with Crippen LogP contribution >= 0.6 is 27.2 Å². The molecule has 0 unspecified atom stereocenters. The molecule has 0 aromatic heterocycles. The summed E-state index contributed by atoms with van der Waals surface area (Å²) in [5, 5.41) is 3.56. The molecular weight excluding hydrogens is 618 g/mol. The molecule has 0 aliphatic carbocycles. The van der Waals surface area contributed by atoms with E-state index in [0.29, 0.717) is 38.4 Å². The molecule has 42 heavy (non-hydrogen) atoms. The lowest BCUT2D eigenvalue weighted by Gasteiger charge is -2.26. The largest absolute Gasteiger partial charge is 0.524 e. The van der Waals surface area contributed by atoms with E-state index in [0.717, 1.165) is 19.3 Å². The van der Waals surface area contributed by atoms with Crippen LogP contribution in [-0.2, 0) is 29.9 Å². The van der Waals surface area contributed by atoms with Gasteiger partial charge in [-0.25, -0.2) is 13.9 Å². The van der Waals surface area contributed by atoms with Gasteiger partial charge in [-0.1, -0.05) is 35.0 Å². The summed E-state index contributed by atoms with van der Waals surface area (Å²) in [5.41, 5.74) is -0.646. The summed E-state index contributed by atoms with van der Waals surface area (Å²) < 4.78 is 38.3. The lowest BCUT2D eigenvalue weighted by atomic mass is 9.99. The van der Waals surface area contributed by atoms with Crippen molar-refractivity contribution in [2.24, 2.45) is 5.16 Å². The number of ether oxygens (including phenoxy) is 1. The molecular formula is C25H33ClN2O12P2. The van der Waals surface area contributed by atoms with Crippen LogP contribution in [0, 0.1) is 0 Å². The van der Waals surface area contributed by atoms with Crippen molar-refractivity contribution in [3.8, 4) is 11.5 Å². The van der Waals surface area contributed by atoms with E-state index in [4.69, 9.17) is 25.7 Å². The maximum atomic E-state index is 13.4. The van der Waals surface area contributed by atoms with E-state index >= 15 is 0 Å². The van der Waals surface area contributed by atoms with Crippen LogP contribution in [0.3, 0.4) is 0 Å². The Kier molecular flexibility index (Phi) is 12.2. The maximum Gasteiger partial charge on any atom is 0.524 e. The summed E-state index contributed by atoms with van der Waals surface area (Å²) in [6, 6.07) is 0.675. The third-order valence-corrected chi connectivity index (χ3v) is 7.40. The Hall–Kier alpha value is -2.70. The number of carbonyl (C=O) groups is 2. The monoisotopic (exact) mass is 650 g/mol. The number of phosphoric acid groups is 2. The molecule has 2 heterocycles. The average Bonchev–Trinajstić information content (AvgIpc) is 2.88. The Balaban J connectivity index is 2.11. The fraction of sp³-hybridized carbons (Fsp3) is 0.480. The fourth-order valence-corrected chi connectivity index (χ4v) is 5.37. The van der Waals surface area contributed by atoms with Crippen LogP contribution in [0.25, 0.3) is 0 Å².